The Hall–Kier alpha value is -2.48. The van der Waals surface area contributed by atoms with Gasteiger partial charge in [-0.05, 0) is 37.7 Å². The van der Waals surface area contributed by atoms with Crippen LogP contribution in [0, 0.1) is 16.0 Å². The summed E-state index contributed by atoms with van der Waals surface area (Å²) in [5, 5.41) is 24.6. The van der Waals surface area contributed by atoms with Crippen molar-refractivity contribution in [1.82, 2.24) is 9.97 Å². The van der Waals surface area contributed by atoms with E-state index in [4.69, 9.17) is 0 Å². The maximum absolute atomic E-state index is 11.8. The van der Waals surface area contributed by atoms with Crippen molar-refractivity contribution >= 4 is 22.3 Å². The monoisotopic (exact) mass is 346 g/mol. The molecule has 25 heavy (non-hydrogen) atoms. The van der Waals surface area contributed by atoms with E-state index in [0.717, 1.165) is 38.5 Å². The standard InChI is InChI=1S/C17H22N4O4/c22-16-6-2-1-4-11(16)5-3-7-18-14-9-13-12(8-15(14)21(24)25)17(23)20-10-19-13/h8-11,16,18,22H,1-7H2,(H,19,20,23). The molecule has 0 saturated heterocycles. The quantitative estimate of drug-likeness (QED) is 0.420. The molecule has 0 spiro atoms. The Morgan fingerprint density at radius 2 is 2.16 bits per heavy atom. The summed E-state index contributed by atoms with van der Waals surface area (Å²) in [6.07, 6.45) is 6.94. The number of benzene rings is 1. The number of H-pyrrole nitrogens is 1. The van der Waals surface area contributed by atoms with Gasteiger partial charge in [-0.1, -0.05) is 12.8 Å². The van der Waals surface area contributed by atoms with E-state index in [-0.39, 0.29) is 17.2 Å². The fourth-order valence-electron chi connectivity index (χ4n) is 3.51. The number of aromatic nitrogens is 2. The summed E-state index contributed by atoms with van der Waals surface area (Å²) in [6, 6.07) is 2.80. The van der Waals surface area contributed by atoms with Gasteiger partial charge in [-0.25, -0.2) is 4.98 Å². The van der Waals surface area contributed by atoms with Crippen molar-refractivity contribution in [2.45, 2.75) is 44.6 Å². The number of aliphatic hydroxyl groups is 1. The normalized spacial score (nSPS) is 20.5. The van der Waals surface area contributed by atoms with E-state index in [0.29, 0.717) is 23.7 Å². The molecule has 1 saturated carbocycles. The second-order valence-electron chi connectivity index (χ2n) is 6.56. The van der Waals surface area contributed by atoms with Crippen molar-refractivity contribution in [1.29, 1.82) is 0 Å². The van der Waals surface area contributed by atoms with Gasteiger partial charge in [0.25, 0.3) is 11.2 Å². The van der Waals surface area contributed by atoms with Gasteiger partial charge in [0.1, 0.15) is 5.69 Å². The van der Waals surface area contributed by atoms with Gasteiger partial charge in [-0.15, -0.1) is 0 Å². The SMILES string of the molecule is O=c1[nH]cnc2cc(NCCCC3CCCCC3O)c([N+](=O)[O-])cc12. The Morgan fingerprint density at radius 1 is 1.36 bits per heavy atom. The topological polar surface area (TPSA) is 121 Å². The molecule has 1 fully saturated rings. The van der Waals surface area contributed by atoms with E-state index >= 15 is 0 Å². The van der Waals surface area contributed by atoms with E-state index in [1.807, 2.05) is 0 Å². The minimum Gasteiger partial charge on any atom is -0.393 e. The van der Waals surface area contributed by atoms with E-state index < -0.39 is 10.5 Å². The van der Waals surface area contributed by atoms with Gasteiger partial charge in [0.2, 0.25) is 0 Å². The van der Waals surface area contributed by atoms with Gasteiger partial charge < -0.3 is 15.4 Å². The Kier molecular flexibility index (Phi) is 5.28. The number of rotatable bonds is 6. The number of aliphatic hydroxyl groups excluding tert-OH is 1. The molecular formula is C17H22N4O4. The molecule has 1 aliphatic rings. The lowest BCUT2D eigenvalue weighted by Crippen LogP contribution is -2.24. The maximum atomic E-state index is 11.8. The molecule has 1 aliphatic carbocycles. The maximum Gasteiger partial charge on any atom is 0.293 e. The molecule has 0 radical (unpaired) electrons. The summed E-state index contributed by atoms with van der Waals surface area (Å²) in [4.78, 5) is 29.1. The Labute approximate surface area is 144 Å². The average molecular weight is 346 g/mol. The highest BCUT2D eigenvalue weighted by atomic mass is 16.6. The number of nitrogens with zero attached hydrogens (tertiary/aromatic N) is 2. The zero-order valence-corrected chi connectivity index (χ0v) is 13.9. The smallest absolute Gasteiger partial charge is 0.293 e. The Balaban J connectivity index is 1.69. The zero-order valence-electron chi connectivity index (χ0n) is 13.9. The van der Waals surface area contributed by atoms with Crippen LogP contribution >= 0.6 is 0 Å². The third-order valence-electron chi connectivity index (χ3n) is 4.89. The van der Waals surface area contributed by atoms with E-state index in [9.17, 15) is 20.0 Å². The average Bonchev–Trinajstić information content (AvgIpc) is 2.59. The number of nitro benzene ring substituents is 1. The molecule has 3 N–H and O–H groups in total. The molecule has 0 bridgehead atoms. The predicted molar refractivity (Wildman–Crippen MR) is 94.7 cm³/mol. The van der Waals surface area contributed by atoms with Crippen LogP contribution in [0.2, 0.25) is 0 Å². The van der Waals surface area contributed by atoms with Gasteiger partial charge >= 0.3 is 0 Å². The molecule has 8 nitrogen and oxygen atoms in total. The Bertz CT molecular complexity index is 820. The molecule has 1 aromatic carbocycles. The first-order valence-corrected chi connectivity index (χ1v) is 8.64. The van der Waals surface area contributed by atoms with Gasteiger partial charge in [0.05, 0.1) is 28.3 Å². The van der Waals surface area contributed by atoms with Gasteiger partial charge in [0.15, 0.2) is 0 Å². The van der Waals surface area contributed by atoms with Crippen molar-refractivity contribution in [3.05, 3.63) is 38.9 Å². The van der Waals surface area contributed by atoms with E-state index in [2.05, 4.69) is 15.3 Å². The molecule has 0 aliphatic heterocycles. The molecule has 134 valence electrons. The van der Waals surface area contributed by atoms with E-state index in [1.165, 1.54) is 18.5 Å². The minimum absolute atomic E-state index is 0.135. The number of anilines is 1. The summed E-state index contributed by atoms with van der Waals surface area (Å²) in [5.74, 6) is 0.322. The van der Waals surface area contributed by atoms with Crippen LogP contribution in [-0.4, -0.2) is 32.6 Å². The molecular weight excluding hydrogens is 324 g/mol. The molecule has 1 aromatic heterocycles. The number of nitrogens with one attached hydrogen (secondary N) is 2. The third kappa shape index (κ3) is 3.96. The first kappa shape index (κ1) is 17.3. The predicted octanol–water partition coefficient (Wildman–Crippen LogP) is 2.57. The van der Waals surface area contributed by atoms with Crippen molar-refractivity contribution in [3.8, 4) is 0 Å². The summed E-state index contributed by atoms with van der Waals surface area (Å²) in [6.45, 7) is 0.568. The van der Waals surface area contributed by atoms with Crippen LogP contribution in [0.5, 0.6) is 0 Å². The molecule has 2 unspecified atom stereocenters. The molecule has 2 atom stereocenters. The van der Waals surface area contributed by atoms with Gasteiger partial charge in [-0.2, -0.15) is 0 Å². The fraction of sp³-hybridized carbons (Fsp3) is 0.529. The third-order valence-corrected chi connectivity index (χ3v) is 4.89. The number of nitro groups is 1. The van der Waals surface area contributed by atoms with Gasteiger partial charge in [0, 0.05) is 12.6 Å². The second-order valence-corrected chi connectivity index (χ2v) is 6.56. The molecule has 2 aromatic rings. The van der Waals surface area contributed by atoms with Crippen molar-refractivity contribution in [2.75, 3.05) is 11.9 Å². The van der Waals surface area contributed by atoms with Crippen LogP contribution in [0.1, 0.15) is 38.5 Å². The molecule has 3 rings (SSSR count). The summed E-state index contributed by atoms with van der Waals surface area (Å²) < 4.78 is 0. The number of fused-ring (bicyclic) bond motifs is 1. The first-order valence-electron chi connectivity index (χ1n) is 8.64. The molecule has 0 amide bonds. The fourth-order valence-corrected chi connectivity index (χ4v) is 3.51. The summed E-state index contributed by atoms with van der Waals surface area (Å²) in [7, 11) is 0. The molecule has 1 heterocycles. The summed E-state index contributed by atoms with van der Waals surface area (Å²) in [5.41, 5.74) is 0.244. The lowest BCUT2D eigenvalue weighted by Gasteiger charge is -2.27. The Morgan fingerprint density at radius 3 is 2.92 bits per heavy atom. The van der Waals surface area contributed by atoms with Crippen LogP contribution in [0.4, 0.5) is 11.4 Å². The zero-order chi connectivity index (χ0) is 17.8. The van der Waals surface area contributed by atoms with Crippen molar-refractivity contribution in [2.24, 2.45) is 5.92 Å². The van der Waals surface area contributed by atoms with Crippen molar-refractivity contribution in [3.63, 3.8) is 0 Å². The highest BCUT2D eigenvalue weighted by Crippen LogP contribution is 2.30. The van der Waals surface area contributed by atoms with E-state index in [1.54, 1.807) is 0 Å². The van der Waals surface area contributed by atoms with Crippen LogP contribution in [0.3, 0.4) is 0 Å². The largest absolute Gasteiger partial charge is 0.393 e. The summed E-state index contributed by atoms with van der Waals surface area (Å²) >= 11 is 0. The number of aromatic amines is 1. The first-order chi connectivity index (χ1) is 12.1. The van der Waals surface area contributed by atoms with Crippen LogP contribution in [-0.2, 0) is 0 Å². The highest BCUT2D eigenvalue weighted by Gasteiger charge is 2.22. The number of hydrogen-bond acceptors (Lipinski definition) is 6. The minimum atomic E-state index is -0.501. The van der Waals surface area contributed by atoms with Crippen LogP contribution in [0.15, 0.2) is 23.3 Å². The van der Waals surface area contributed by atoms with Gasteiger partial charge in [-0.3, -0.25) is 14.9 Å². The molecule has 8 heteroatoms. The van der Waals surface area contributed by atoms with Crippen molar-refractivity contribution < 1.29 is 10.0 Å². The van der Waals surface area contributed by atoms with Crippen LogP contribution in [0.25, 0.3) is 10.9 Å². The van der Waals surface area contributed by atoms with Crippen LogP contribution < -0.4 is 10.9 Å². The lowest BCUT2D eigenvalue weighted by molar-refractivity contribution is -0.383. The number of hydrogen-bond donors (Lipinski definition) is 3. The lowest BCUT2D eigenvalue weighted by atomic mass is 9.83. The highest BCUT2D eigenvalue weighted by molar-refractivity contribution is 5.86. The second kappa shape index (κ2) is 7.60.